The predicted octanol–water partition coefficient (Wildman–Crippen LogP) is 2.70. The second-order valence-corrected chi connectivity index (χ2v) is 8.09. The van der Waals surface area contributed by atoms with Crippen LogP contribution < -0.4 is 10.2 Å². The van der Waals surface area contributed by atoms with Gasteiger partial charge in [0.05, 0.1) is 11.8 Å². The molecule has 2 aromatic rings. The van der Waals surface area contributed by atoms with E-state index in [0.717, 1.165) is 30.8 Å². The van der Waals surface area contributed by atoms with Crippen LogP contribution in [-0.4, -0.2) is 52.5 Å². The van der Waals surface area contributed by atoms with Crippen molar-refractivity contribution in [2.24, 2.45) is 0 Å². The summed E-state index contributed by atoms with van der Waals surface area (Å²) in [6, 6.07) is 8.94. The fourth-order valence-electron chi connectivity index (χ4n) is 3.32. The van der Waals surface area contributed by atoms with Crippen molar-refractivity contribution in [3.63, 3.8) is 0 Å². The number of rotatable bonds is 9. The number of benzene rings is 1. The third-order valence-electron chi connectivity index (χ3n) is 4.88. The molecule has 3 rings (SSSR count). The second-order valence-electron chi connectivity index (χ2n) is 7.15. The number of amides is 1. The van der Waals surface area contributed by atoms with Gasteiger partial charge in [0.2, 0.25) is 11.1 Å². The van der Waals surface area contributed by atoms with Crippen LogP contribution >= 0.6 is 11.8 Å². The minimum atomic E-state index is 0.0314. The summed E-state index contributed by atoms with van der Waals surface area (Å²) < 4.78 is 1.89. The summed E-state index contributed by atoms with van der Waals surface area (Å²) in [5.74, 6) is 0.383. The van der Waals surface area contributed by atoms with Crippen LogP contribution in [0.5, 0.6) is 0 Å². The van der Waals surface area contributed by atoms with Gasteiger partial charge >= 0.3 is 0 Å². The largest absolute Gasteiger partial charge is 0.378 e. The molecule has 0 bridgehead atoms. The van der Waals surface area contributed by atoms with Gasteiger partial charge in [-0.05, 0) is 53.8 Å². The third-order valence-corrected chi connectivity index (χ3v) is 5.82. The van der Waals surface area contributed by atoms with Crippen LogP contribution in [0.3, 0.4) is 0 Å². The highest BCUT2D eigenvalue weighted by atomic mass is 32.2. The number of carbonyl (C=O) groups excluding carboxylic acids is 1. The number of hydrogen-bond acceptors (Lipinski definition) is 6. The number of nitrogens with one attached hydrogen (secondary N) is 1. The Morgan fingerprint density at radius 3 is 2.70 bits per heavy atom. The lowest BCUT2D eigenvalue weighted by Gasteiger charge is -2.12. The van der Waals surface area contributed by atoms with Crippen molar-refractivity contribution in [2.45, 2.75) is 49.7 Å². The van der Waals surface area contributed by atoms with Crippen molar-refractivity contribution in [1.82, 2.24) is 25.5 Å². The van der Waals surface area contributed by atoms with E-state index in [-0.39, 0.29) is 5.91 Å². The number of carbonyl (C=O) groups is 1. The zero-order valence-corrected chi connectivity index (χ0v) is 16.9. The van der Waals surface area contributed by atoms with Crippen LogP contribution in [0.2, 0.25) is 0 Å². The summed E-state index contributed by atoms with van der Waals surface area (Å²) in [6.07, 6.45) is 6.60. The maximum absolute atomic E-state index is 12.1. The Morgan fingerprint density at radius 2 is 2.00 bits per heavy atom. The lowest BCUT2D eigenvalue weighted by Crippen LogP contribution is -2.26. The molecule has 0 saturated heterocycles. The van der Waals surface area contributed by atoms with E-state index in [9.17, 15) is 4.79 Å². The first-order chi connectivity index (χ1) is 13.1. The predicted molar refractivity (Wildman–Crippen MR) is 108 cm³/mol. The molecule has 1 aliphatic carbocycles. The Morgan fingerprint density at radius 1 is 1.26 bits per heavy atom. The molecule has 0 aliphatic heterocycles. The maximum atomic E-state index is 12.1. The molecule has 1 fully saturated rings. The van der Waals surface area contributed by atoms with Gasteiger partial charge in [0, 0.05) is 26.3 Å². The van der Waals surface area contributed by atoms with Gasteiger partial charge in [-0.3, -0.25) is 4.79 Å². The molecule has 27 heavy (non-hydrogen) atoms. The molecule has 146 valence electrons. The normalized spacial score (nSPS) is 14.4. The molecule has 1 N–H and O–H groups in total. The molecular formula is C19H28N6OS. The average Bonchev–Trinajstić information content (AvgIpc) is 3.35. The third kappa shape index (κ3) is 5.69. The van der Waals surface area contributed by atoms with Gasteiger partial charge in [0.1, 0.15) is 0 Å². The molecule has 0 atom stereocenters. The van der Waals surface area contributed by atoms with Gasteiger partial charge in [-0.1, -0.05) is 36.7 Å². The maximum Gasteiger partial charge on any atom is 0.230 e. The number of hydrogen-bond donors (Lipinski definition) is 1. The fraction of sp³-hybridized carbons (Fsp3) is 0.579. The molecule has 1 amide bonds. The molecule has 0 spiro atoms. The highest BCUT2D eigenvalue weighted by molar-refractivity contribution is 7.99. The molecule has 1 aromatic heterocycles. The van der Waals surface area contributed by atoms with Crippen LogP contribution in [0.1, 0.15) is 43.7 Å². The smallest absolute Gasteiger partial charge is 0.230 e. The van der Waals surface area contributed by atoms with E-state index in [0.29, 0.717) is 18.3 Å². The van der Waals surface area contributed by atoms with Gasteiger partial charge in [-0.2, -0.15) is 0 Å². The second kappa shape index (κ2) is 9.73. The molecule has 1 saturated carbocycles. The van der Waals surface area contributed by atoms with Crippen molar-refractivity contribution >= 4 is 23.4 Å². The first kappa shape index (κ1) is 19.7. The zero-order valence-electron chi connectivity index (χ0n) is 16.1. The summed E-state index contributed by atoms with van der Waals surface area (Å²) in [5.41, 5.74) is 2.49. The molecule has 7 nitrogen and oxygen atoms in total. The summed E-state index contributed by atoms with van der Waals surface area (Å²) in [6.45, 7) is 0.683. The Labute approximate surface area is 164 Å². The van der Waals surface area contributed by atoms with E-state index in [1.807, 2.05) is 18.8 Å². The molecule has 8 heteroatoms. The Kier molecular flexibility index (Phi) is 7.09. The van der Waals surface area contributed by atoms with Crippen molar-refractivity contribution in [3.8, 4) is 0 Å². The summed E-state index contributed by atoms with van der Waals surface area (Å²) in [4.78, 5) is 14.2. The van der Waals surface area contributed by atoms with Crippen molar-refractivity contribution in [2.75, 3.05) is 31.3 Å². The number of aryl methyl sites for hydroxylation is 1. The van der Waals surface area contributed by atoms with Gasteiger partial charge in [-0.25, -0.2) is 4.68 Å². The lowest BCUT2D eigenvalue weighted by molar-refractivity contribution is -0.118. The van der Waals surface area contributed by atoms with Gasteiger partial charge in [0.15, 0.2) is 0 Å². The highest BCUT2D eigenvalue weighted by Gasteiger charge is 2.21. The van der Waals surface area contributed by atoms with Gasteiger partial charge < -0.3 is 10.2 Å². The first-order valence-electron chi connectivity index (χ1n) is 9.57. The minimum absolute atomic E-state index is 0.0314. The quantitative estimate of drug-likeness (QED) is 0.526. The fourth-order valence-corrected chi connectivity index (χ4v) is 4.10. The molecular weight excluding hydrogens is 360 g/mol. The standard InChI is InChI=1S/C19H28N6OS/c1-24(2)16-11-9-15(10-12-16)6-5-13-20-18(26)14-27-19-21-22-23-25(19)17-7-3-4-8-17/h9-12,17H,3-8,13-14H2,1-2H3,(H,20,26). The Bertz CT molecular complexity index is 724. The SMILES string of the molecule is CN(C)c1ccc(CCCNC(=O)CSc2nnnn2C2CCCC2)cc1. The highest BCUT2D eigenvalue weighted by Crippen LogP contribution is 2.31. The van der Waals surface area contributed by atoms with Crippen molar-refractivity contribution in [1.29, 1.82) is 0 Å². The van der Waals surface area contributed by atoms with Crippen LogP contribution in [0, 0.1) is 0 Å². The monoisotopic (exact) mass is 388 g/mol. The van der Waals surface area contributed by atoms with E-state index in [1.54, 1.807) is 0 Å². The number of tetrazole rings is 1. The summed E-state index contributed by atoms with van der Waals surface area (Å²) >= 11 is 1.42. The van der Waals surface area contributed by atoms with Crippen LogP contribution in [-0.2, 0) is 11.2 Å². The van der Waals surface area contributed by atoms with E-state index in [4.69, 9.17) is 0 Å². The van der Waals surface area contributed by atoms with Crippen LogP contribution in [0.4, 0.5) is 5.69 Å². The zero-order chi connectivity index (χ0) is 19.1. The van der Waals surface area contributed by atoms with E-state index in [1.165, 1.54) is 35.9 Å². The number of thioether (sulfide) groups is 1. The first-order valence-corrected chi connectivity index (χ1v) is 10.6. The molecule has 0 unspecified atom stereocenters. The van der Waals surface area contributed by atoms with E-state index in [2.05, 4.69) is 50.0 Å². The Hall–Kier alpha value is -2.09. The number of aromatic nitrogens is 4. The summed E-state index contributed by atoms with van der Waals surface area (Å²) in [7, 11) is 4.07. The topological polar surface area (TPSA) is 75.9 Å². The molecule has 1 aliphatic rings. The van der Waals surface area contributed by atoms with Gasteiger partial charge in [0.25, 0.3) is 0 Å². The molecule has 0 radical (unpaired) electrons. The molecule has 1 heterocycles. The number of nitrogens with zero attached hydrogens (tertiary/aromatic N) is 5. The van der Waals surface area contributed by atoms with E-state index < -0.39 is 0 Å². The van der Waals surface area contributed by atoms with Crippen molar-refractivity contribution in [3.05, 3.63) is 29.8 Å². The van der Waals surface area contributed by atoms with Gasteiger partial charge in [-0.15, -0.1) is 5.10 Å². The van der Waals surface area contributed by atoms with Crippen LogP contribution in [0.15, 0.2) is 29.4 Å². The average molecular weight is 389 g/mol. The Balaban J connectivity index is 1.35. The molecule has 1 aromatic carbocycles. The minimum Gasteiger partial charge on any atom is -0.378 e. The summed E-state index contributed by atoms with van der Waals surface area (Å²) in [5, 5.41) is 15.7. The lowest BCUT2D eigenvalue weighted by atomic mass is 10.1. The van der Waals surface area contributed by atoms with Crippen molar-refractivity contribution < 1.29 is 4.79 Å². The van der Waals surface area contributed by atoms with E-state index >= 15 is 0 Å². The number of anilines is 1. The van der Waals surface area contributed by atoms with Crippen LogP contribution in [0.25, 0.3) is 0 Å².